The number of hydrogen-bond donors (Lipinski definition) is 0. The average Bonchev–Trinajstić information content (AvgIpc) is 2.29. The van der Waals surface area contributed by atoms with Crippen molar-refractivity contribution >= 4 is 16.8 Å². The van der Waals surface area contributed by atoms with Gasteiger partial charge in [0.1, 0.15) is 0 Å². The van der Waals surface area contributed by atoms with Crippen LogP contribution in [0.15, 0.2) is 29.2 Å². The molecule has 0 N–H and O–H groups in total. The van der Waals surface area contributed by atoms with E-state index >= 15 is 0 Å². The molecule has 1 aromatic carbocycles. The monoisotopic (exact) mass is 240 g/mol. The largest absolute Gasteiger partial charge is 0.466 e. The molecule has 4 heteroatoms. The summed E-state index contributed by atoms with van der Waals surface area (Å²) in [5.74, 6) is 0.379. The molecular formula is C12H16O3S. The predicted octanol–water partition coefficient (Wildman–Crippen LogP) is 1.92. The summed E-state index contributed by atoms with van der Waals surface area (Å²) < 4.78 is 16.3. The van der Waals surface area contributed by atoms with Gasteiger partial charge >= 0.3 is 5.97 Å². The highest BCUT2D eigenvalue weighted by Gasteiger charge is 2.05. The molecule has 0 aliphatic rings. The number of rotatable bonds is 5. The Morgan fingerprint density at radius 3 is 2.38 bits per heavy atom. The van der Waals surface area contributed by atoms with Crippen LogP contribution in [0.4, 0.5) is 0 Å². The topological polar surface area (TPSA) is 43.4 Å². The quantitative estimate of drug-likeness (QED) is 0.738. The highest BCUT2D eigenvalue weighted by Crippen LogP contribution is 2.09. The van der Waals surface area contributed by atoms with Gasteiger partial charge in [-0.3, -0.25) is 9.00 Å². The van der Waals surface area contributed by atoms with Crippen molar-refractivity contribution in [1.29, 1.82) is 0 Å². The molecule has 0 aliphatic carbocycles. The van der Waals surface area contributed by atoms with E-state index in [1.165, 1.54) is 0 Å². The molecule has 3 nitrogen and oxygen atoms in total. The minimum absolute atomic E-state index is 0.230. The molecule has 88 valence electrons. The molecule has 0 aromatic heterocycles. The zero-order chi connectivity index (χ0) is 12.0. The highest BCUT2D eigenvalue weighted by atomic mass is 32.2. The maximum atomic E-state index is 11.5. The van der Waals surface area contributed by atoms with Gasteiger partial charge in [-0.15, -0.1) is 0 Å². The molecule has 0 heterocycles. The van der Waals surface area contributed by atoms with Crippen LogP contribution < -0.4 is 0 Å². The summed E-state index contributed by atoms with van der Waals surface area (Å²) in [5, 5.41) is 0. The van der Waals surface area contributed by atoms with Crippen LogP contribution in [0.3, 0.4) is 0 Å². The SMILES string of the molecule is CCOC(=O)Cc1ccc(S(=O)CC)cc1. The van der Waals surface area contributed by atoms with Crippen molar-refractivity contribution in [2.24, 2.45) is 0 Å². The van der Waals surface area contributed by atoms with E-state index in [1.54, 1.807) is 19.1 Å². The van der Waals surface area contributed by atoms with Crippen molar-refractivity contribution < 1.29 is 13.7 Å². The van der Waals surface area contributed by atoms with Crippen LogP contribution in [-0.4, -0.2) is 22.5 Å². The third-order valence-corrected chi connectivity index (χ3v) is 3.42. The Morgan fingerprint density at radius 2 is 1.88 bits per heavy atom. The summed E-state index contributed by atoms with van der Waals surface area (Å²) in [6.45, 7) is 4.06. The Kier molecular flexibility index (Phi) is 5.19. The lowest BCUT2D eigenvalue weighted by molar-refractivity contribution is -0.142. The molecular weight excluding hydrogens is 224 g/mol. The molecule has 0 radical (unpaired) electrons. The molecule has 0 saturated heterocycles. The van der Waals surface area contributed by atoms with E-state index in [1.807, 2.05) is 19.1 Å². The minimum atomic E-state index is -0.931. The number of hydrogen-bond acceptors (Lipinski definition) is 3. The second kappa shape index (κ2) is 6.43. The normalized spacial score (nSPS) is 12.1. The first-order chi connectivity index (χ1) is 7.67. The molecule has 0 amide bonds. The number of carbonyl (C=O) groups is 1. The lowest BCUT2D eigenvalue weighted by atomic mass is 10.1. The fourth-order valence-corrected chi connectivity index (χ4v) is 2.08. The number of esters is 1. The Bertz CT molecular complexity index is 370. The van der Waals surface area contributed by atoms with Gasteiger partial charge in [0, 0.05) is 10.6 Å². The fourth-order valence-electron chi connectivity index (χ4n) is 1.30. The van der Waals surface area contributed by atoms with Gasteiger partial charge in [-0.05, 0) is 24.6 Å². The molecule has 0 saturated carbocycles. The van der Waals surface area contributed by atoms with Gasteiger partial charge in [0.25, 0.3) is 0 Å². The highest BCUT2D eigenvalue weighted by molar-refractivity contribution is 7.85. The third kappa shape index (κ3) is 3.77. The van der Waals surface area contributed by atoms with Gasteiger partial charge < -0.3 is 4.74 Å². The van der Waals surface area contributed by atoms with Gasteiger partial charge in [0.05, 0.1) is 23.8 Å². The maximum Gasteiger partial charge on any atom is 0.310 e. The van der Waals surface area contributed by atoms with Crippen LogP contribution in [0, 0.1) is 0 Å². The number of carbonyl (C=O) groups excluding carboxylic acids is 1. The maximum absolute atomic E-state index is 11.5. The van der Waals surface area contributed by atoms with Crippen molar-refractivity contribution in [3.05, 3.63) is 29.8 Å². The van der Waals surface area contributed by atoms with E-state index in [9.17, 15) is 9.00 Å². The molecule has 1 rings (SSSR count). The van der Waals surface area contributed by atoms with E-state index in [-0.39, 0.29) is 12.4 Å². The predicted molar refractivity (Wildman–Crippen MR) is 63.7 cm³/mol. The van der Waals surface area contributed by atoms with E-state index in [0.29, 0.717) is 12.4 Å². The van der Waals surface area contributed by atoms with Crippen LogP contribution in [0.1, 0.15) is 19.4 Å². The molecule has 1 aromatic rings. The Balaban J connectivity index is 2.64. The van der Waals surface area contributed by atoms with Crippen molar-refractivity contribution in [2.75, 3.05) is 12.4 Å². The van der Waals surface area contributed by atoms with E-state index in [2.05, 4.69) is 0 Å². The zero-order valence-electron chi connectivity index (χ0n) is 9.56. The van der Waals surface area contributed by atoms with Crippen molar-refractivity contribution in [3.8, 4) is 0 Å². The van der Waals surface area contributed by atoms with Crippen LogP contribution in [0.5, 0.6) is 0 Å². The summed E-state index contributed by atoms with van der Waals surface area (Å²) in [6.07, 6.45) is 0.271. The van der Waals surface area contributed by atoms with Gasteiger partial charge in [0.15, 0.2) is 0 Å². The van der Waals surface area contributed by atoms with Crippen molar-refractivity contribution in [3.63, 3.8) is 0 Å². The molecule has 0 spiro atoms. The molecule has 0 bridgehead atoms. The molecule has 0 fully saturated rings. The standard InChI is InChI=1S/C12H16O3S/c1-3-15-12(13)9-10-5-7-11(8-6-10)16(14)4-2/h5-8H,3-4,9H2,1-2H3. The zero-order valence-corrected chi connectivity index (χ0v) is 10.4. The Morgan fingerprint density at radius 1 is 1.25 bits per heavy atom. The summed E-state index contributed by atoms with van der Waals surface area (Å²) in [5.41, 5.74) is 0.885. The fraction of sp³-hybridized carbons (Fsp3) is 0.417. The number of ether oxygens (including phenoxy) is 1. The van der Waals surface area contributed by atoms with Gasteiger partial charge in [-0.1, -0.05) is 19.1 Å². The molecule has 1 atom stereocenters. The van der Waals surface area contributed by atoms with E-state index in [4.69, 9.17) is 4.74 Å². The summed E-state index contributed by atoms with van der Waals surface area (Å²) in [7, 11) is -0.931. The Labute approximate surface area is 98.3 Å². The molecule has 16 heavy (non-hydrogen) atoms. The second-order valence-corrected chi connectivity index (χ2v) is 5.00. The van der Waals surface area contributed by atoms with Crippen molar-refractivity contribution in [2.45, 2.75) is 25.2 Å². The van der Waals surface area contributed by atoms with Crippen LogP contribution >= 0.6 is 0 Å². The van der Waals surface area contributed by atoms with Crippen LogP contribution in [0.25, 0.3) is 0 Å². The molecule has 1 unspecified atom stereocenters. The third-order valence-electron chi connectivity index (χ3n) is 2.10. The number of benzene rings is 1. The first-order valence-electron chi connectivity index (χ1n) is 5.30. The van der Waals surface area contributed by atoms with E-state index < -0.39 is 10.8 Å². The lowest BCUT2D eigenvalue weighted by Gasteiger charge is -2.03. The smallest absolute Gasteiger partial charge is 0.310 e. The van der Waals surface area contributed by atoms with Gasteiger partial charge in [-0.25, -0.2) is 0 Å². The first kappa shape index (κ1) is 12.9. The lowest BCUT2D eigenvalue weighted by Crippen LogP contribution is -2.07. The summed E-state index contributed by atoms with van der Waals surface area (Å²) in [4.78, 5) is 12.0. The average molecular weight is 240 g/mol. The van der Waals surface area contributed by atoms with Crippen molar-refractivity contribution in [1.82, 2.24) is 0 Å². The van der Waals surface area contributed by atoms with Gasteiger partial charge in [0.2, 0.25) is 0 Å². The minimum Gasteiger partial charge on any atom is -0.466 e. The second-order valence-electron chi connectivity index (χ2n) is 3.26. The Hall–Kier alpha value is -1.16. The molecule has 0 aliphatic heterocycles. The van der Waals surface area contributed by atoms with Crippen LogP contribution in [0.2, 0.25) is 0 Å². The van der Waals surface area contributed by atoms with Gasteiger partial charge in [-0.2, -0.15) is 0 Å². The summed E-state index contributed by atoms with van der Waals surface area (Å²) >= 11 is 0. The van der Waals surface area contributed by atoms with Crippen LogP contribution in [-0.2, 0) is 26.8 Å². The van der Waals surface area contributed by atoms with E-state index in [0.717, 1.165) is 10.5 Å². The summed E-state index contributed by atoms with van der Waals surface area (Å²) in [6, 6.07) is 7.24. The first-order valence-corrected chi connectivity index (χ1v) is 6.62.